The maximum absolute atomic E-state index is 13.4. The minimum Gasteiger partial charge on any atom is -0.480 e. The number of carboxylic acid groups (broad SMARTS) is 1. The Balaban J connectivity index is 1.47. The number of likely N-dealkylation sites (tertiary alicyclic amines) is 1. The number of nitrogens with one attached hydrogen (secondary N) is 1. The molecule has 2 amide bonds. The molecule has 1 saturated heterocycles. The summed E-state index contributed by atoms with van der Waals surface area (Å²) >= 11 is 0. The number of rotatable bonds is 6. The number of piperidine rings is 1. The molecule has 4 rings (SSSR count). The second-order valence-corrected chi connectivity index (χ2v) is 9.18. The minimum atomic E-state index is -1.31. The maximum Gasteiger partial charge on any atom is 0.407 e. The normalized spacial score (nSPS) is 19.5. The standard InChI is InChI=1S/C28H30N2O5/c1-3-4-15-24(25(31)30-17-10-9-16-28(30,2)26(32)33)29-27(34)35-18-23-21-13-7-5-11-19(21)20-12-6-8-14-22(20)23/h5-8,11-14,23-24H,9-10,15-18H2,1-2H3,(H,29,34)(H,32,33). The van der Waals surface area contributed by atoms with Gasteiger partial charge in [-0.05, 0) is 55.4 Å². The fourth-order valence-corrected chi connectivity index (χ4v) is 5.07. The van der Waals surface area contributed by atoms with E-state index in [1.165, 1.54) is 4.90 Å². The fraction of sp³-hybridized carbons (Fsp3) is 0.393. The summed E-state index contributed by atoms with van der Waals surface area (Å²) in [4.78, 5) is 39.5. The van der Waals surface area contributed by atoms with Crippen LogP contribution in [0.1, 0.15) is 56.6 Å². The van der Waals surface area contributed by atoms with Crippen molar-refractivity contribution in [3.8, 4) is 23.0 Å². The summed E-state index contributed by atoms with van der Waals surface area (Å²) in [5, 5.41) is 12.4. The van der Waals surface area contributed by atoms with Crippen LogP contribution in [0.25, 0.3) is 11.1 Å². The first-order valence-electron chi connectivity index (χ1n) is 11.9. The van der Waals surface area contributed by atoms with Crippen molar-refractivity contribution in [1.82, 2.24) is 10.2 Å². The fourth-order valence-electron chi connectivity index (χ4n) is 5.07. The lowest BCUT2D eigenvalue weighted by atomic mass is 9.87. The molecule has 0 aromatic heterocycles. The Morgan fingerprint density at radius 1 is 1.11 bits per heavy atom. The van der Waals surface area contributed by atoms with Gasteiger partial charge < -0.3 is 20.1 Å². The Bertz CT molecular complexity index is 1150. The molecule has 182 valence electrons. The lowest BCUT2D eigenvalue weighted by molar-refractivity contribution is -0.161. The van der Waals surface area contributed by atoms with Crippen molar-refractivity contribution in [3.05, 3.63) is 59.7 Å². The number of benzene rings is 2. The van der Waals surface area contributed by atoms with Crippen LogP contribution < -0.4 is 5.32 Å². The van der Waals surface area contributed by atoms with E-state index >= 15 is 0 Å². The summed E-state index contributed by atoms with van der Waals surface area (Å²) in [6, 6.07) is 15.1. The van der Waals surface area contributed by atoms with Crippen LogP contribution in [0.15, 0.2) is 48.5 Å². The molecular weight excluding hydrogens is 444 g/mol. The van der Waals surface area contributed by atoms with Crippen molar-refractivity contribution in [1.29, 1.82) is 0 Å². The van der Waals surface area contributed by atoms with Gasteiger partial charge in [-0.15, -0.1) is 11.8 Å². The summed E-state index contributed by atoms with van der Waals surface area (Å²) < 4.78 is 5.60. The first-order valence-corrected chi connectivity index (χ1v) is 11.9. The zero-order chi connectivity index (χ0) is 25.0. The van der Waals surface area contributed by atoms with Crippen molar-refractivity contribution >= 4 is 18.0 Å². The third-order valence-corrected chi connectivity index (χ3v) is 7.03. The summed E-state index contributed by atoms with van der Waals surface area (Å²) in [5.74, 6) is 3.98. The Kier molecular flexibility index (Phi) is 7.11. The van der Waals surface area contributed by atoms with Crippen LogP contribution in [0.5, 0.6) is 0 Å². The van der Waals surface area contributed by atoms with Crippen LogP contribution in [0.4, 0.5) is 4.79 Å². The largest absolute Gasteiger partial charge is 0.480 e. The molecule has 35 heavy (non-hydrogen) atoms. The van der Waals surface area contributed by atoms with E-state index in [-0.39, 0.29) is 18.9 Å². The number of carboxylic acids is 1. The molecule has 0 saturated carbocycles. The van der Waals surface area contributed by atoms with Crippen LogP contribution in [0.3, 0.4) is 0 Å². The number of nitrogens with zero attached hydrogens (tertiary/aromatic N) is 1. The molecule has 1 fully saturated rings. The van der Waals surface area contributed by atoms with Gasteiger partial charge in [-0.1, -0.05) is 48.5 Å². The van der Waals surface area contributed by atoms with Crippen molar-refractivity contribution < 1.29 is 24.2 Å². The molecule has 2 aromatic rings. The van der Waals surface area contributed by atoms with E-state index in [9.17, 15) is 19.5 Å². The number of ether oxygens (including phenoxy) is 1. The SMILES string of the molecule is CC#CCC(NC(=O)OCC1c2ccccc2-c2ccccc21)C(=O)N1CCCCC1(C)C(=O)O. The van der Waals surface area contributed by atoms with Gasteiger partial charge in [0.25, 0.3) is 0 Å². The molecule has 1 heterocycles. The molecule has 0 radical (unpaired) electrons. The second-order valence-electron chi connectivity index (χ2n) is 9.18. The zero-order valence-corrected chi connectivity index (χ0v) is 20.0. The average Bonchev–Trinajstić information content (AvgIpc) is 3.18. The van der Waals surface area contributed by atoms with Crippen LogP contribution in [-0.2, 0) is 14.3 Å². The number of carbonyl (C=O) groups is 3. The van der Waals surface area contributed by atoms with Gasteiger partial charge in [0.15, 0.2) is 0 Å². The van der Waals surface area contributed by atoms with E-state index in [2.05, 4.69) is 29.3 Å². The maximum atomic E-state index is 13.4. The predicted molar refractivity (Wildman–Crippen MR) is 132 cm³/mol. The van der Waals surface area contributed by atoms with E-state index in [0.29, 0.717) is 19.4 Å². The third kappa shape index (κ3) is 4.74. The number of carbonyl (C=O) groups excluding carboxylic acids is 2. The van der Waals surface area contributed by atoms with Crippen molar-refractivity contribution in [2.24, 2.45) is 0 Å². The Hall–Kier alpha value is -3.79. The second kappa shape index (κ2) is 10.2. The van der Waals surface area contributed by atoms with Gasteiger partial charge in [-0.3, -0.25) is 4.79 Å². The minimum absolute atomic E-state index is 0.0751. The number of hydrogen-bond acceptors (Lipinski definition) is 4. The van der Waals surface area contributed by atoms with E-state index in [1.807, 2.05) is 36.4 Å². The van der Waals surface area contributed by atoms with Crippen molar-refractivity contribution in [3.63, 3.8) is 0 Å². The van der Waals surface area contributed by atoms with E-state index in [1.54, 1.807) is 13.8 Å². The van der Waals surface area contributed by atoms with Crippen LogP contribution in [0.2, 0.25) is 0 Å². The van der Waals surface area contributed by atoms with Gasteiger partial charge in [-0.2, -0.15) is 0 Å². The number of alkyl carbamates (subject to hydrolysis) is 1. The molecule has 0 bridgehead atoms. The van der Waals surface area contributed by atoms with Crippen molar-refractivity contribution in [2.45, 2.75) is 57.0 Å². The summed E-state index contributed by atoms with van der Waals surface area (Å²) in [5.41, 5.74) is 3.13. The van der Waals surface area contributed by atoms with Gasteiger partial charge >= 0.3 is 12.1 Å². The molecule has 2 atom stereocenters. The highest BCUT2D eigenvalue weighted by molar-refractivity contribution is 5.91. The van der Waals surface area contributed by atoms with Gasteiger partial charge in [0.1, 0.15) is 18.2 Å². The third-order valence-electron chi connectivity index (χ3n) is 7.03. The van der Waals surface area contributed by atoms with Gasteiger partial charge in [0.2, 0.25) is 5.91 Å². The first-order chi connectivity index (χ1) is 16.9. The van der Waals surface area contributed by atoms with Crippen LogP contribution in [0, 0.1) is 11.8 Å². The monoisotopic (exact) mass is 474 g/mol. The zero-order valence-electron chi connectivity index (χ0n) is 20.0. The highest BCUT2D eigenvalue weighted by Crippen LogP contribution is 2.44. The lowest BCUT2D eigenvalue weighted by Crippen LogP contribution is -2.61. The molecule has 2 N–H and O–H groups in total. The van der Waals surface area contributed by atoms with Crippen molar-refractivity contribution in [2.75, 3.05) is 13.2 Å². The van der Waals surface area contributed by atoms with E-state index in [0.717, 1.165) is 28.7 Å². The lowest BCUT2D eigenvalue weighted by Gasteiger charge is -2.43. The molecule has 1 aliphatic heterocycles. The molecule has 7 heteroatoms. The molecule has 2 unspecified atom stereocenters. The molecule has 2 aromatic carbocycles. The molecular formula is C28H30N2O5. The number of amides is 2. The predicted octanol–water partition coefficient (Wildman–Crippen LogP) is 4.16. The Morgan fingerprint density at radius 2 is 1.74 bits per heavy atom. The number of aliphatic carboxylic acids is 1. The quantitative estimate of drug-likeness (QED) is 0.613. The highest BCUT2D eigenvalue weighted by atomic mass is 16.5. The number of hydrogen-bond donors (Lipinski definition) is 2. The summed E-state index contributed by atoms with van der Waals surface area (Å²) in [7, 11) is 0. The molecule has 7 nitrogen and oxygen atoms in total. The highest BCUT2D eigenvalue weighted by Gasteiger charge is 2.45. The molecule has 0 spiro atoms. The van der Waals surface area contributed by atoms with Gasteiger partial charge in [-0.25, -0.2) is 9.59 Å². The van der Waals surface area contributed by atoms with Crippen LogP contribution >= 0.6 is 0 Å². The Morgan fingerprint density at radius 3 is 2.34 bits per heavy atom. The van der Waals surface area contributed by atoms with Gasteiger partial charge in [0, 0.05) is 18.9 Å². The summed E-state index contributed by atoms with van der Waals surface area (Å²) in [6.07, 6.45) is 1.16. The van der Waals surface area contributed by atoms with E-state index in [4.69, 9.17) is 4.74 Å². The smallest absolute Gasteiger partial charge is 0.407 e. The Labute approximate surface area is 205 Å². The van der Waals surface area contributed by atoms with Crippen LogP contribution in [-0.4, -0.2) is 52.7 Å². The number of fused-ring (bicyclic) bond motifs is 3. The molecule has 2 aliphatic rings. The van der Waals surface area contributed by atoms with E-state index < -0.39 is 29.6 Å². The van der Waals surface area contributed by atoms with Gasteiger partial charge in [0.05, 0.1) is 0 Å². The first kappa shape index (κ1) is 24.3. The average molecular weight is 475 g/mol. The molecule has 1 aliphatic carbocycles. The summed E-state index contributed by atoms with van der Waals surface area (Å²) in [6.45, 7) is 3.65. The topological polar surface area (TPSA) is 95.9 Å².